The summed E-state index contributed by atoms with van der Waals surface area (Å²) in [5.41, 5.74) is 1.59. The predicted molar refractivity (Wildman–Crippen MR) is 93.5 cm³/mol. The van der Waals surface area contributed by atoms with Crippen molar-refractivity contribution in [3.8, 4) is 5.75 Å². The lowest BCUT2D eigenvalue weighted by atomic mass is 10.0. The fourth-order valence-corrected chi connectivity index (χ4v) is 2.97. The molecule has 1 aliphatic heterocycles. The number of hydrogen-bond acceptors (Lipinski definition) is 4. The number of aryl methyl sites for hydroxylation is 1. The molecule has 1 amide bonds. The van der Waals surface area contributed by atoms with E-state index in [0.717, 1.165) is 29.2 Å². The van der Waals surface area contributed by atoms with Crippen molar-refractivity contribution >= 4 is 11.7 Å². The smallest absolute Gasteiger partial charge is 0.247 e. The minimum atomic E-state index is -0.551. The molecule has 0 bridgehead atoms. The van der Waals surface area contributed by atoms with Crippen molar-refractivity contribution in [2.75, 3.05) is 25.1 Å². The Morgan fingerprint density at radius 2 is 2.00 bits per heavy atom. The largest absolute Gasteiger partial charge is 0.497 e. The molecule has 2 heterocycles. The molecule has 1 fully saturated rings. The lowest BCUT2D eigenvalue weighted by Crippen LogP contribution is -2.61. The van der Waals surface area contributed by atoms with Gasteiger partial charge in [-0.05, 0) is 38.5 Å². The van der Waals surface area contributed by atoms with Crippen LogP contribution >= 0.6 is 0 Å². The van der Waals surface area contributed by atoms with Crippen LogP contribution in [0, 0.1) is 6.92 Å². The van der Waals surface area contributed by atoms with E-state index in [4.69, 9.17) is 4.74 Å². The molecule has 1 aromatic heterocycles. The third kappa shape index (κ3) is 3.14. The maximum atomic E-state index is 12.6. The van der Waals surface area contributed by atoms with Gasteiger partial charge in [0, 0.05) is 24.8 Å². The Bertz CT molecular complexity index is 734. The number of ether oxygens (including phenoxy) is 1. The summed E-state index contributed by atoms with van der Waals surface area (Å²) in [5, 5.41) is 7.90. The minimum Gasteiger partial charge on any atom is -0.497 e. The molecular formula is C18H24N4O2. The number of carbonyl (C=O) groups is 1. The van der Waals surface area contributed by atoms with Crippen molar-refractivity contribution in [1.82, 2.24) is 15.1 Å². The van der Waals surface area contributed by atoms with Crippen molar-refractivity contribution in [1.29, 1.82) is 0 Å². The van der Waals surface area contributed by atoms with Crippen molar-refractivity contribution in [3.05, 3.63) is 41.6 Å². The highest BCUT2D eigenvalue weighted by Crippen LogP contribution is 2.23. The number of hydrogen-bond donors (Lipinski definition) is 1. The number of nitrogens with zero attached hydrogens (tertiary/aromatic N) is 3. The van der Waals surface area contributed by atoms with Crippen LogP contribution in [0.2, 0.25) is 0 Å². The van der Waals surface area contributed by atoms with Gasteiger partial charge in [-0.2, -0.15) is 5.10 Å². The summed E-state index contributed by atoms with van der Waals surface area (Å²) in [4.78, 5) is 14.4. The Morgan fingerprint density at radius 1 is 1.29 bits per heavy atom. The first kappa shape index (κ1) is 16.5. The summed E-state index contributed by atoms with van der Waals surface area (Å²) in [6.07, 6.45) is 1.99. The van der Waals surface area contributed by atoms with Gasteiger partial charge in [-0.3, -0.25) is 14.4 Å². The Morgan fingerprint density at radius 3 is 2.67 bits per heavy atom. The van der Waals surface area contributed by atoms with Crippen molar-refractivity contribution < 1.29 is 9.53 Å². The third-order valence-electron chi connectivity index (χ3n) is 4.36. The first-order valence-electron chi connectivity index (χ1n) is 8.15. The fourth-order valence-electron chi connectivity index (χ4n) is 2.97. The van der Waals surface area contributed by atoms with Gasteiger partial charge < -0.3 is 10.1 Å². The van der Waals surface area contributed by atoms with Crippen LogP contribution in [0.3, 0.4) is 0 Å². The number of benzene rings is 1. The zero-order valence-electron chi connectivity index (χ0n) is 14.7. The van der Waals surface area contributed by atoms with Crippen molar-refractivity contribution in [3.63, 3.8) is 0 Å². The van der Waals surface area contributed by atoms with E-state index in [1.54, 1.807) is 12.0 Å². The maximum Gasteiger partial charge on any atom is 0.247 e. The lowest BCUT2D eigenvalue weighted by Gasteiger charge is -2.37. The molecule has 1 N–H and O–H groups in total. The summed E-state index contributed by atoms with van der Waals surface area (Å²) in [6, 6.07) is 7.92. The Kier molecular flexibility index (Phi) is 4.32. The molecule has 3 rings (SSSR count). The zero-order valence-corrected chi connectivity index (χ0v) is 14.7. The van der Waals surface area contributed by atoms with Crippen LogP contribution in [-0.4, -0.2) is 41.4 Å². The second-order valence-electron chi connectivity index (χ2n) is 6.69. The molecule has 0 aliphatic carbocycles. The lowest BCUT2D eigenvalue weighted by molar-refractivity contribution is -0.125. The van der Waals surface area contributed by atoms with Crippen molar-refractivity contribution in [2.45, 2.75) is 32.9 Å². The molecule has 0 atom stereocenters. The highest BCUT2D eigenvalue weighted by atomic mass is 16.5. The second-order valence-corrected chi connectivity index (χ2v) is 6.69. The van der Waals surface area contributed by atoms with Crippen LogP contribution in [0.25, 0.3) is 0 Å². The monoisotopic (exact) mass is 328 g/mol. The molecule has 0 spiro atoms. The van der Waals surface area contributed by atoms with Gasteiger partial charge in [0.25, 0.3) is 0 Å². The van der Waals surface area contributed by atoms with Gasteiger partial charge in [0.1, 0.15) is 5.75 Å². The molecule has 1 saturated heterocycles. The SMILES string of the molecule is COc1ccc(Cn2cc(C)c(N3CCNC(C)(C)C3=O)n2)cc1. The Balaban J connectivity index is 1.80. The summed E-state index contributed by atoms with van der Waals surface area (Å²) in [6.45, 7) is 7.88. The molecule has 0 radical (unpaired) electrons. The molecule has 24 heavy (non-hydrogen) atoms. The maximum absolute atomic E-state index is 12.6. The van der Waals surface area contributed by atoms with Gasteiger partial charge in [-0.25, -0.2) is 0 Å². The molecule has 2 aromatic rings. The van der Waals surface area contributed by atoms with Gasteiger partial charge in [0.05, 0.1) is 19.2 Å². The molecule has 1 aliphatic rings. The number of carbonyl (C=O) groups excluding carboxylic acids is 1. The van der Waals surface area contributed by atoms with Crippen LogP contribution in [0.1, 0.15) is 25.0 Å². The van der Waals surface area contributed by atoms with Crippen LogP contribution in [0.5, 0.6) is 5.75 Å². The average molecular weight is 328 g/mol. The molecule has 0 unspecified atom stereocenters. The summed E-state index contributed by atoms with van der Waals surface area (Å²) in [7, 11) is 1.66. The van der Waals surface area contributed by atoms with E-state index in [0.29, 0.717) is 13.1 Å². The van der Waals surface area contributed by atoms with E-state index < -0.39 is 5.54 Å². The Labute approximate surface area is 142 Å². The molecule has 1 aromatic carbocycles. The van der Waals surface area contributed by atoms with Crippen molar-refractivity contribution in [2.24, 2.45) is 0 Å². The Hall–Kier alpha value is -2.34. The zero-order chi connectivity index (χ0) is 17.3. The van der Waals surface area contributed by atoms with E-state index >= 15 is 0 Å². The number of anilines is 1. The topological polar surface area (TPSA) is 59.4 Å². The van der Waals surface area contributed by atoms with Crippen LogP contribution in [0.4, 0.5) is 5.82 Å². The van der Waals surface area contributed by atoms with Gasteiger partial charge >= 0.3 is 0 Å². The van der Waals surface area contributed by atoms with E-state index in [-0.39, 0.29) is 5.91 Å². The minimum absolute atomic E-state index is 0.0616. The number of piperazine rings is 1. The van der Waals surface area contributed by atoms with Gasteiger partial charge in [-0.15, -0.1) is 0 Å². The normalized spacial score (nSPS) is 17.2. The van der Waals surface area contributed by atoms with Crippen LogP contribution < -0.4 is 15.0 Å². The number of nitrogens with one attached hydrogen (secondary N) is 1. The number of rotatable bonds is 4. The standard InChI is InChI=1S/C18H24N4O2/c1-13-11-21(12-14-5-7-15(24-4)8-6-14)20-16(13)22-10-9-19-18(2,3)17(22)23/h5-8,11,19H,9-10,12H2,1-4H3. The van der Waals surface area contributed by atoms with E-state index in [2.05, 4.69) is 10.4 Å². The molecular weight excluding hydrogens is 304 g/mol. The quantitative estimate of drug-likeness (QED) is 0.932. The highest BCUT2D eigenvalue weighted by Gasteiger charge is 2.37. The van der Waals surface area contributed by atoms with E-state index in [1.165, 1.54) is 0 Å². The van der Waals surface area contributed by atoms with Gasteiger partial charge in [0.15, 0.2) is 5.82 Å². The average Bonchev–Trinajstić information content (AvgIpc) is 2.91. The highest BCUT2D eigenvalue weighted by molar-refractivity contribution is 6.00. The van der Waals surface area contributed by atoms with E-state index in [9.17, 15) is 4.79 Å². The summed E-state index contributed by atoms with van der Waals surface area (Å²) < 4.78 is 7.06. The molecule has 128 valence electrons. The summed E-state index contributed by atoms with van der Waals surface area (Å²) >= 11 is 0. The first-order valence-corrected chi connectivity index (χ1v) is 8.15. The van der Waals surface area contributed by atoms with Gasteiger partial charge in [0.2, 0.25) is 5.91 Å². The summed E-state index contributed by atoms with van der Waals surface area (Å²) in [5.74, 6) is 1.65. The molecule has 0 saturated carbocycles. The molecule has 6 heteroatoms. The fraction of sp³-hybridized carbons (Fsp3) is 0.444. The predicted octanol–water partition coefficient (Wildman–Crippen LogP) is 1.96. The third-order valence-corrected chi connectivity index (χ3v) is 4.36. The number of amides is 1. The molecule has 6 nitrogen and oxygen atoms in total. The van der Waals surface area contributed by atoms with Gasteiger partial charge in [-0.1, -0.05) is 12.1 Å². The van der Waals surface area contributed by atoms with Crippen LogP contribution in [0.15, 0.2) is 30.5 Å². The second kappa shape index (κ2) is 6.28. The van der Waals surface area contributed by atoms with Crippen LogP contribution in [-0.2, 0) is 11.3 Å². The number of methoxy groups -OCH3 is 1. The first-order chi connectivity index (χ1) is 11.4. The van der Waals surface area contributed by atoms with E-state index in [1.807, 2.05) is 55.9 Å². The number of aromatic nitrogens is 2.